The predicted molar refractivity (Wildman–Crippen MR) is 86.5 cm³/mol. The van der Waals surface area contributed by atoms with Gasteiger partial charge < -0.3 is 4.74 Å². The number of rotatable bonds is 4. The van der Waals surface area contributed by atoms with E-state index in [0.29, 0.717) is 23.2 Å². The van der Waals surface area contributed by atoms with Crippen LogP contribution in [0, 0.1) is 6.92 Å². The second-order valence-electron chi connectivity index (χ2n) is 5.42. The van der Waals surface area contributed by atoms with E-state index in [1.165, 1.54) is 10.5 Å². The molecule has 0 radical (unpaired) electrons. The van der Waals surface area contributed by atoms with E-state index >= 15 is 0 Å². The highest BCUT2D eigenvalue weighted by Gasteiger charge is 2.22. The first-order valence-corrected chi connectivity index (χ1v) is 8.00. The summed E-state index contributed by atoms with van der Waals surface area (Å²) >= 11 is 1.86. The number of ether oxygens (including phenoxy) is 1. The number of fused-ring (bicyclic) bond motifs is 1. The summed E-state index contributed by atoms with van der Waals surface area (Å²) in [6, 6.07) is 14.3. The third-order valence-corrected chi connectivity index (χ3v) is 4.94. The molecule has 3 rings (SSSR count). The summed E-state index contributed by atoms with van der Waals surface area (Å²) in [7, 11) is 0. The lowest BCUT2D eigenvalue weighted by molar-refractivity contribution is 0.101. The van der Waals surface area contributed by atoms with Gasteiger partial charge in [0, 0.05) is 10.1 Å². The maximum Gasteiger partial charge on any atom is 0.163 e. The molecular formula is C18H18O2S. The Hall–Kier alpha value is -1.74. The predicted octanol–water partition coefficient (Wildman–Crippen LogP) is 4.29. The van der Waals surface area contributed by atoms with E-state index in [4.69, 9.17) is 4.74 Å². The summed E-state index contributed by atoms with van der Waals surface area (Å²) in [5.41, 5.74) is 3.15. The van der Waals surface area contributed by atoms with Gasteiger partial charge in [0.05, 0.1) is 5.56 Å². The smallest absolute Gasteiger partial charge is 0.163 e. The van der Waals surface area contributed by atoms with Crippen LogP contribution in [0.4, 0.5) is 0 Å². The van der Waals surface area contributed by atoms with E-state index in [1.807, 2.05) is 36.9 Å². The van der Waals surface area contributed by atoms with Crippen molar-refractivity contribution in [1.29, 1.82) is 0 Å². The molecule has 1 atom stereocenters. The standard InChI is InChI=1S/C18H18O2S/c1-12-7-8-17(16(9-12)13(2)19)20-11-15-10-14-5-3-4-6-18(14)21-15/h3-9,15H,10-11H2,1-2H3. The van der Waals surface area contributed by atoms with Gasteiger partial charge in [-0.15, -0.1) is 11.8 Å². The maximum atomic E-state index is 11.7. The molecule has 1 heterocycles. The summed E-state index contributed by atoms with van der Waals surface area (Å²) in [5.74, 6) is 0.751. The average Bonchev–Trinajstić information content (AvgIpc) is 2.88. The van der Waals surface area contributed by atoms with Gasteiger partial charge in [-0.1, -0.05) is 29.8 Å². The van der Waals surface area contributed by atoms with Crippen molar-refractivity contribution in [1.82, 2.24) is 0 Å². The van der Waals surface area contributed by atoms with Crippen LogP contribution in [0.1, 0.15) is 28.4 Å². The van der Waals surface area contributed by atoms with E-state index in [0.717, 1.165) is 12.0 Å². The molecule has 3 heteroatoms. The molecule has 0 saturated heterocycles. The second kappa shape index (κ2) is 5.94. The van der Waals surface area contributed by atoms with Crippen LogP contribution in [0.5, 0.6) is 5.75 Å². The van der Waals surface area contributed by atoms with E-state index in [9.17, 15) is 4.79 Å². The quantitative estimate of drug-likeness (QED) is 0.788. The summed E-state index contributed by atoms with van der Waals surface area (Å²) in [4.78, 5) is 13.1. The van der Waals surface area contributed by atoms with Gasteiger partial charge in [-0.2, -0.15) is 0 Å². The third kappa shape index (κ3) is 3.13. The first-order chi connectivity index (χ1) is 10.1. The molecule has 0 fully saturated rings. The van der Waals surface area contributed by atoms with E-state index in [2.05, 4.69) is 24.3 Å². The van der Waals surface area contributed by atoms with Crippen LogP contribution in [0.3, 0.4) is 0 Å². The zero-order valence-corrected chi connectivity index (χ0v) is 13.1. The molecule has 0 spiro atoms. The molecular weight excluding hydrogens is 280 g/mol. The Morgan fingerprint density at radius 3 is 2.86 bits per heavy atom. The first-order valence-electron chi connectivity index (χ1n) is 7.12. The SMILES string of the molecule is CC(=O)c1cc(C)ccc1OCC1Cc2ccccc2S1. The van der Waals surface area contributed by atoms with Crippen LogP contribution in [-0.2, 0) is 6.42 Å². The number of ketones is 1. The Kier molecular flexibility index (Phi) is 4.02. The summed E-state index contributed by atoms with van der Waals surface area (Å²) in [6.07, 6.45) is 1.03. The number of thioether (sulfide) groups is 1. The molecule has 108 valence electrons. The number of hydrogen-bond donors (Lipinski definition) is 0. The molecule has 1 aliphatic heterocycles. The fourth-order valence-corrected chi connectivity index (χ4v) is 3.79. The van der Waals surface area contributed by atoms with Gasteiger partial charge in [0.2, 0.25) is 0 Å². The fraction of sp³-hybridized carbons (Fsp3) is 0.278. The van der Waals surface area contributed by atoms with Crippen molar-refractivity contribution in [2.45, 2.75) is 30.4 Å². The number of benzene rings is 2. The molecule has 0 amide bonds. The van der Waals surface area contributed by atoms with Gasteiger partial charge in [-0.3, -0.25) is 4.79 Å². The van der Waals surface area contributed by atoms with Gasteiger partial charge in [0.15, 0.2) is 5.78 Å². The molecule has 0 N–H and O–H groups in total. The average molecular weight is 298 g/mol. The summed E-state index contributed by atoms with van der Waals surface area (Å²) in [6.45, 7) is 4.20. The van der Waals surface area contributed by atoms with Crippen molar-refractivity contribution in [2.75, 3.05) is 6.61 Å². The maximum absolute atomic E-state index is 11.7. The molecule has 0 aromatic heterocycles. The van der Waals surface area contributed by atoms with Gasteiger partial charge in [-0.25, -0.2) is 0 Å². The topological polar surface area (TPSA) is 26.3 Å². The molecule has 1 aliphatic rings. The van der Waals surface area contributed by atoms with Gasteiger partial charge in [-0.05, 0) is 44.0 Å². The summed E-state index contributed by atoms with van der Waals surface area (Å²) in [5, 5.41) is 0.420. The highest BCUT2D eigenvalue weighted by Crippen LogP contribution is 2.37. The monoisotopic (exact) mass is 298 g/mol. The Bertz CT molecular complexity index is 654. The molecule has 2 aromatic rings. The van der Waals surface area contributed by atoms with Crippen LogP contribution in [0.15, 0.2) is 47.4 Å². The van der Waals surface area contributed by atoms with Crippen molar-refractivity contribution in [3.63, 3.8) is 0 Å². The van der Waals surface area contributed by atoms with Crippen molar-refractivity contribution in [3.05, 3.63) is 59.2 Å². The van der Waals surface area contributed by atoms with Gasteiger partial charge >= 0.3 is 0 Å². The van der Waals surface area contributed by atoms with Crippen LogP contribution in [-0.4, -0.2) is 17.6 Å². The van der Waals surface area contributed by atoms with Gasteiger partial charge in [0.1, 0.15) is 12.4 Å². The number of carbonyl (C=O) groups is 1. The minimum atomic E-state index is 0.0519. The van der Waals surface area contributed by atoms with Crippen LogP contribution >= 0.6 is 11.8 Å². The molecule has 21 heavy (non-hydrogen) atoms. The lowest BCUT2D eigenvalue weighted by Crippen LogP contribution is -2.14. The Morgan fingerprint density at radius 1 is 1.29 bits per heavy atom. The number of Topliss-reactive ketones (excluding diaryl/α,β-unsaturated/α-hetero) is 1. The molecule has 0 bridgehead atoms. The zero-order chi connectivity index (χ0) is 14.8. The third-order valence-electron chi connectivity index (χ3n) is 3.65. The zero-order valence-electron chi connectivity index (χ0n) is 12.3. The second-order valence-corrected chi connectivity index (χ2v) is 6.76. The number of aryl methyl sites for hydroxylation is 1. The minimum absolute atomic E-state index is 0.0519. The number of hydrogen-bond acceptors (Lipinski definition) is 3. The summed E-state index contributed by atoms with van der Waals surface area (Å²) < 4.78 is 5.93. The number of carbonyl (C=O) groups excluding carboxylic acids is 1. The van der Waals surface area contributed by atoms with Crippen molar-refractivity contribution < 1.29 is 9.53 Å². The molecule has 2 nitrogen and oxygen atoms in total. The molecule has 1 unspecified atom stereocenters. The normalized spacial score (nSPS) is 16.6. The van der Waals surface area contributed by atoms with Crippen molar-refractivity contribution in [2.24, 2.45) is 0 Å². The van der Waals surface area contributed by atoms with Crippen molar-refractivity contribution in [3.8, 4) is 5.75 Å². The Labute approximate surface area is 129 Å². The highest BCUT2D eigenvalue weighted by atomic mass is 32.2. The lowest BCUT2D eigenvalue weighted by Gasteiger charge is -2.13. The van der Waals surface area contributed by atoms with E-state index in [-0.39, 0.29) is 5.78 Å². The molecule has 0 saturated carbocycles. The largest absolute Gasteiger partial charge is 0.492 e. The Balaban J connectivity index is 1.68. The van der Waals surface area contributed by atoms with Crippen LogP contribution in [0.25, 0.3) is 0 Å². The van der Waals surface area contributed by atoms with E-state index in [1.54, 1.807) is 6.92 Å². The molecule has 2 aromatic carbocycles. The highest BCUT2D eigenvalue weighted by molar-refractivity contribution is 8.00. The van der Waals surface area contributed by atoms with Crippen LogP contribution < -0.4 is 4.74 Å². The Morgan fingerprint density at radius 2 is 2.10 bits per heavy atom. The molecule has 0 aliphatic carbocycles. The fourth-order valence-electron chi connectivity index (χ4n) is 2.57. The van der Waals surface area contributed by atoms with Crippen LogP contribution in [0.2, 0.25) is 0 Å². The van der Waals surface area contributed by atoms with Gasteiger partial charge in [0.25, 0.3) is 0 Å². The first kappa shape index (κ1) is 14.2. The van der Waals surface area contributed by atoms with Crippen molar-refractivity contribution >= 4 is 17.5 Å². The lowest BCUT2D eigenvalue weighted by atomic mass is 10.1. The minimum Gasteiger partial charge on any atom is -0.492 e. The van der Waals surface area contributed by atoms with E-state index < -0.39 is 0 Å².